The second-order valence-electron chi connectivity index (χ2n) is 5.56. The van der Waals surface area contributed by atoms with Crippen molar-refractivity contribution in [2.45, 2.75) is 19.8 Å². The molecule has 0 fully saturated rings. The number of aromatic amines is 1. The summed E-state index contributed by atoms with van der Waals surface area (Å²) in [6.07, 6.45) is 1.54. The number of methoxy groups -OCH3 is 1. The van der Waals surface area contributed by atoms with Gasteiger partial charge in [0.05, 0.1) is 24.8 Å². The van der Waals surface area contributed by atoms with E-state index in [1.165, 1.54) is 0 Å². The average molecular weight is 324 g/mol. The van der Waals surface area contributed by atoms with Gasteiger partial charge in [0.15, 0.2) is 11.5 Å². The standard InChI is InChI=1S/C19H20N2O3/c1-3-10-24-17-9-8-13(12-18(17)23-2)11-16-14-6-4-5-7-15(14)19(22)21-20-16/h4-9,12H,3,10-11H2,1-2H3,(H,21,22). The van der Waals surface area contributed by atoms with Crippen molar-refractivity contribution in [2.75, 3.05) is 13.7 Å². The molecule has 124 valence electrons. The van der Waals surface area contributed by atoms with Crippen LogP contribution in [0.5, 0.6) is 11.5 Å². The molecule has 3 rings (SSSR count). The molecule has 2 aromatic carbocycles. The Kier molecular flexibility index (Phi) is 4.79. The fraction of sp³-hybridized carbons (Fsp3) is 0.263. The maximum absolute atomic E-state index is 11.9. The quantitative estimate of drug-likeness (QED) is 0.755. The van der Waals surface area contributed by atoms with Gasteiger partial charge in [-0.25, -0.2) is 5.10 Å². The van der Waals surface area contributed by atoms with Gasteiger partial charge in [0.1, 0.15) is 0 Å². The molecule has 0 bridgehead atoms. The topological polar surface area (TPSA) is 64.2 Å². The minimum atomic E-state index is -0.171. The van der Waals surface area contributed by atoms with E-state index in [2.05, 4.69) is 17.1 Å². The molecule has 1 N–H and O–H groups in total. The molecule has 1 aromatic heterocycles. The van der Waals surface area contributed by atoms with Crippen molar-refractivity contribution in [1.29, 1.82) is 0 Å². The van der Waals surface area contributed by atoms with Crippen LogP contribution in [0.25, 0.3) is 10.8 Å². The predicted octanol–water partition coefficient (Wildman–Crippen LogP) is 3.31. The number of nitrogens with one attached hydrogen (secondary N) is 1. The summed E-state index contributed by atoms with van der Waals surface area (Å²) in [6.45, 7) is 2.72. The third kappa shape index (κ3) is 3.25. The third-order valence-corrected chi connectivity index (χ3v) is 3.84. The van der Waals surface area contributed by atoms with Crippen molar-refractivity contribution in [1.82, 2.24) is 10.2 Å². The molecule has 0 aliphatic rings. The van der Waals surface area contributed by atoms with E-state index in [9.17, 15) is 4.79 Å². The molecule has 5 nitrogen and oxygen atoms in total. The first-order chi connectivity index (χ1) is 11.7. The van der Waals surface area contributed by atoms with E-state index in [4.69, 9.17) is 9.47 Å². The van der Waals surface area contributed by atoms with Crippen molar-refractivity contribution >= 4 is 10.8 Å². The highest BCUT2D eigenvalue weighted by Gasteiger charge is 2.10. The first kappa shape index (κ1) is 16.1. The minimum absolute atomic E-state index is 0.171. The largest absolute Gasteiger partial charge is 0.493 e. The van der Waals surface area contributed by atoms with Gasteiger partial charge in [-0.3, -0.25) is 4.79 Å². The Morgan fingerprint density at radius 3 is 2.62 bits per heavy atom. The fourth-order valence-corrected chi connectivity index (χ4v) is 2.65. The molecule has 0 radical (unpaired) electrons. The number of H-pyrrole nitrogens is 1. The zero-order valence-electron chi connectivity index (χ0n) is 13.8. The zero-order valence-corrected chi connectivity index (χ0v) is 13.8. The van der Waals surface area contributed by atoms with E-state index < -0.39 is 0 Å². The highest BCUT2D eigenvalue weighted by molar-refractivity contribution is 5.83. The molecule has 0 spiro atoms. The maximum atomic E-state index is 11.9. The summed E-state index contributed by atoms with van der Waals surface area (Å²) in [7, 11) is 1.63. The van der Waals surface area contributed by atoms with Gasteiger partial charge in [-0.1, -0.05) is 31.2 Å². The molecule has 24 heavy (non-hydrogen) atoms. The van der Waals surface area contributed by atoms with E-state index in [0.29, 0.717) is 24.2 Å². The van der Waals surface area contributed by atoms with E-state index in [1.807, 2.05) is 42.5 Å². The van der Waals surface area contributed by atoms with Crippen molar-refractivity contribution in [3.05, 3.63) is 64.1 Å². The molecule has 0 saturated heterocycles. The second kappa shape index (κ2) is 7.17. The van der Waals surface area contributed by atoms with Crippen LogP contribution in [0.3, 0.4) is 0 Å². The number of fused-ring (bicyclic) bond motifs is 1. The summed E-state index contributed by atoms with van der Waals surface area (Å²) in [6, 6.07) is 13.4. The predicted molar refractivity (Wildman–Crippen MR) is 93.9 cm³/mol. The van der Waals surface area contributed by atoms with Crippen molar-refractivity contribution in [3.8, 4) is 11.5 Å². The Morgan fingerprint density at radius 2 is 1.88 bits per heavy atom. The van der Waals surface area contributed by atoms with Crippen LogP contribution in [0.2, 0.25) is 0 Å². The number of rotatable bonds is 6. The van der Waals surface area contributed by atoms with E-state index >= 15 is 0 Å². The molecule has 1 heterocycles. The molecule has 0 amide bonds. The second-order valence-corrected chi connectivity index (χ2v) is 5.56. The van der Waals surface area contributed by atoms with Crippen LogP contribution in [0.4, 0.5) is 0 Å². The molecule has 3 aromatic rings. The Morgan fingerprint density at radius 1 is 1.08 bits per heavy atom. The summed E-state index contributed by atoms with van der Waals surface area (Å²) < 4.78 is 11.1. The van der Waals surface area contributed by atoms with Crippen LogP contribution in [0, 0.1) is 0 Å². The molecule has 0 unspecified atom stereocenters. The Bertz CT molecular complexity index is 902. The molecule has 0 aliphatic heterocycles. The van der Waals surface area contributed by atoms with Gasteiger partial charge in [-0.15, -0.1) is 0 Å². The number of ether oxygens (including phenoxy) is 2. The van der Waals surface area contributed by atoms with E-state index in [-0.39, 0.29) is 5.56 Å². The van der Waals surface area contributed by atoms with Crippen LogP contribution >= 0.6 is 0 Å². The third-order valence-electron chi connectivity index (χ3n) is 3.84. The summed E-state index contributed by atoms with van der Waals surface area (Å²) in [5.74, 6) is 1.44. The Labute approximate surface area is 140 Å². The van der Waals surface area contributed by atoms with Gasteiger partial charge in [0.2, 0.25) is 0 Å². The lowest BCUT2D eigenvalue weighted by Gasteiger charge is -2.12. The smallest absolute Gasteiger partial charge is 0.272 e. The number of hydrogen-bond acceptors (Lipinski definition) is 4. The summed E-state index contributed by atoms with van der Waals surface area (Å²) in [5.41, 5.74) is 1.70. The Balaban J connectivity index is 1.94. The van der Waals surface area contributed by atoms with Gasteiger partial charge in [-0.05, 0) is 30.2 Å². The molecule has 0 saturated carbocycles. The molecular formula is C19H20N2O3. The SMILES string of the molecule is CCCOc1ccc(Cc2n[nH]c(=O)c3ccccc23)cc1OC. The van der Waals surface area contributed by atoms with Gasteiger partial charge in [0, 0.05) is 11.8 Å². The number of benzene rings is 2. The van der Waals surface area contributed by atoms with Gasteiger partial charge < -0.3 is 9.47 Å². The molecular weight excluding hydrogens is 304 g/mol. The first-order valence-electron chi connectivity index (χ1n) is 7.99. The monoisotopic (exact) mass is 324 g/mol. The van der Waals surface area contributed by atoms with E-state index in [1.54, 1.807) is 7.11 Å². The summed E-state index contributed by atoms with van der Waals surface area (Å²) >= 11 is 0. The van der Waals surface area contributed by atoms with Crippen LogP contribution in [0.15, 0.2) is 47.3 Å². The Hall–Kier alpha value is -2.82. The normalized spacial score (nSPS) is 10.8. The lowest BCUT2D eigenvalue weighted by Crippen LogP contribution is -2.11. The molecule has 5 heteroatoms. The number of nitrogens with zero attached hydrogens (tertiary/aromatic N) is 1. The first-order valence-corrected chi connectivity index (χ1v) is 7.99. The number of aromatic nitrogens is 2. The van der Waals surface area contributed by atoms with Crippen molar-refractivity contribution in [2.24, 2.45) is 0 Å². The number of hydrogen-bond donors (Lipinski definition) is 1. The van der Waals surface area contributed by atoms with Crippen molar-refractivity contribution in [3.63, 3.8) is 0 Å². The molecule has 0 aliphatic carbocycles. The fourth-order valence-electron chi connectivity index (χ4n) is 2.65. The average Bonchev–Trinajstić information content (AvgIpc) is 2.63. The summed E-state index contributed by atoms with van der Waals surface area (Å²) in [4.78, 5) is 11.9. The lowest BCUT2D eigenvalue weighted by molar-refractivity contribution is 0.294. The van der Waals surface area contributed by atoms with Crippen LogP contribution < -0.4 is 15.0 Å². The minimum Gasteiger partial charge on any atom is -0.493 e. The van der Waals surface area contributed by atoms with Gasteiger partial charge in [0.25, 0.3) is 5.56 Å². The maximum Gasteiger partial charge on any atom is 0.272 e. The van der Waals surface area contributed by atoms with Crippen molar-refractivity contribution < 1.29 is 9.47 Å². The van der Waals surface area contributed by atoms with Crippen LogP contribution in [-0.4, -0.2) is 23.9 Å². The highest BCUT2D eigenvalue weighted by atomic mass is 16.5. The van der Waals surface area contributed by atoms with Crippen LogP contribution in [-0.2, 0) is 6.42 Å². The van der Waals surface area contributed by atoms with Gasteiger partial charge in [-0.2, -0.15) is 5.10 Å². The van der Waals surface area contributed by atoms with E-state index in [0.717, 1.165) is 28.8 Å². The highest BCUT2D eigenvalue weighted by Crippen LogP contribution is 2.29. The zero-order chi connectivity index (χ0) is 16.9. The summed E-state index contributed by atoms with van der Waals surface area (Å²) in [5, 5.41) is 8.31. The van der Waals surface area contributed by atoms with Crippen LogP contribution in [0.1, 0.15) is 24.6 Å². The lowest BCUT2D eigenvalue weighted by atomic mass is 10.0. The molecule has 0 atom stereocenters. The van der Waals surface area contributed by atoms with Gasteiger partial charge >= 0.3 is 0 Å².